The number of carboxylic acid groups (broad SMARTS) is 1. The Bertz CT molecular complexity index is 1690. The highest BCUT2D eigenvalue weighted by atomic mass is 35.5. The summed E-state index contributed by atoms with van der Waals surface area (Å²) >= 11 is 12.8. The van der Waals surface area contributed by atoms with Crippen molar-refractivity contribution in [2.75, 3.05) is 19.5 Å². The fourth-order valence-corrected chi connectivity index (χ4v) is 5.51. The number of hydrogen-bond acceptors (Lipinski definition) is 8. The van der Waals surface area contributed by atoms with Gasteiger partial charge in [-0.25, -0.2) is 14.5 Å². The molecule has 0 saturated carbocycles. The molecule has 13 heteroatoms. The van der Waals surface area contributed by atoms with Crippen molar-refractivity contribution in [2.45, 2.75) is 19.9 Å². The second kappa shape index (κ2) is 9.90. The number of pyridine rings is 1. The summed E-state index contributed by atoms with van der Waals surface area (Å²) in [5.74, 6) is -1.33. The van der Waals surface area contributed by atoms with Gasteiger partial charge in [0.05, 0.1) is 37.2 Å². The highest BCUT2D eigenvalue weighted by Crippen LogP contribution is 2.50. The van der Waals surface area contributed by atoms with Crippen LogP contribution in [0.1, 0.15) is 41.6 Å². The maximum Gasteiger partial charge on any atom is 0.356 e. The van der Waals surface area contributed by atoms with Gasteiger partial charge in [-0.1, -0.05) is 36.2 Å². The molecule has 0 radical (unpaired) electrons. The van der Waals surface area contributed by atoms with Crippen LogP contribution in [0.25, 0.3) is 11.3 Å². The van der Waals surface area contributed by atoms with E-state index < -0.39 is 12.0 Å². The van der Waals surface area contributed by atoms with Crippen molar-refractivity contribution in [1.82, 2.24) is 24.3 Å². The van der Waals surface area contributed by atoms with Crippen LogP contribution in [0.5, 0.6) is 11.9 Å². The first kappa shape index (κ1) is 26.5. The van der Waals surface area contributed by atoms with E-state index in [-0.39, 0.29) is 34.7 Å². The molecule has 2 atom stereocenters. The number of anilines is 1. The van der Waals surface area contributed by atoms with Crippen LogP contribution in [-0.2, 0) is 7.05 Å². The van der Waals surface area contributed by atoms with E-state index in [0.717, 1.165) is 16.7 Å². The van der Waals surface area contributed by atoms with E-state index in [1.807, 2.05) is 19.9 Å². The summed E-state index contributed by atoms with van der Waals surface area (Å²) in [6.45, 7) is 3.84. The molecule has 0 saturated heterocycles. The summed E-state index contributed by atoms with van der Waals surface area (Å²) in [6.07, 6.45) is 6.55. The van der Waals surface area contributed by atoms with Crippen LogP contribution in [0.15, 0.2) is 51.6 Å². The van der Waals surface area contributed by atoms with Gasteiger partial charge in [-0.05, 0) is 35.8 Å². The van der Waals surface area contributed by atoms with Gasteiger partial charge >= 0.3 is 12.0 Å². The largest absolute Gasteiger partial charge is 0.479 e. The highest BCUT2D eigenvalue weighted by Gasteiger charge is 2.41. The van der Waals surface area contributed by atoms with Crippen LogP contribution < -0.4 is 20.3 Å². The van der Waals surface area contributed by atoms with Gasteiger partial charge in [0, 0.05) is 29.8 Å². The summed E-state index contributed by atoms with van der Waals surface area (Å²) in [5, 5.41) is 19.0. The van der Waals surface area contributed by atoms with Crippen molar-refractivity contribution in [1.29, 1.82) is 0 Å². The summed E-state index contributed by atoms with van der Waals surface area (Å²) in [6, 6.07) is 0.804. The number of aryl methyl sites for hydroxylation is 1. The van der Waals surface area contributed by atoms with Crippen molar-refractivity contribution >= 4 is 40.4 Å². The van der Waals surface area contributed by atoms with Gasteiger partial charge in [0.15, 0.2) is 5.69 Å². The third-order valence-electron chi connectivity index (χ3n) is 6.83. The first-order valence-electron chi connectivity index (χ1n) is 11.8. The molecule has 0 amide bonds. The zero-order chi connectivity index (χ0) is 28.2. The van der Waals surface area contributed by atoms with Crippen molar-refractivity contribution in [3.05, 3.63) is 79.1 Å². The zero-order valence-electron chi connectivity index (χ0n) is 21.6. The van der Waals surface area contributed by atoms with E-state index in [1.54, 1.807) is 13.1 Å². The molecule has 3 heterocycles. The number of nitrogens with one attached hydrogen (secondary N) is 1. The molecule has 2 aliphatic rings. The van der Waals surface area contributed by atoms with E-state index in [1.165, 1.54) is 41.9 Å². The van der Waals surface area contributed by atoms with E-state index in [0.29, 0.717) is 27.0 Å². The van der Waals surface area contributed by atoms with Gasteiger partial charge in [-0.3, -0.25) is 4.79 Å². The molecule has 2 unspecified atom stereocenters. The van der Waals surface area contributed by atoms with E-state index >= 15 is 0 Å². The number of nitrogens with zero attached hydrogens (tertiary/aromatic N) is 5. The minimum absolute atomic E-state index is 0.0737. The molecule has 0 fully saturated rings. The van der Waals surface area contributed by atoms with E-state index in [9.17, 15) is 14.7 Å². The van der Waals surface area contributed by atoms with E-state index in [4.69, 9.17) is 32.7 Å². The van der Waals surface area contributed by atoms with Crippen molar-refractivity contribution in [3.8, 4) is 17.6 Å². The highest BCUT2D eigenvalue weighted by molar-refractivity contribution is 6.31. The summed E-state index contributed by atoms with van der Waals surface area (Å²) < 4.78 is 13.4. The zero-order valence-corrected chi connectivity index (χ0v) is 23.1. The summed E-state index contributed by atoms with van der Waals surface area (Å²) in [7, 11) is 4.44. The lowest BCUT2D eigenvalue weighted by atomic mass is 9.74. The second-order valence-electron chi connectivity index (χ2n) is 9.08. The molecule has 0 aliphatic heterocycles. The number of methoxy groups -OCH3 is 2. The van der Waals surface area contributed by atoms with E-state index in [2.05, 4.69) is 20.4 Å². The first-order valence-corrected chi connectivity index (χ1v) is 12.6. The summed E-state index contributed by atoms with van der Waals surface area (Å²) in [4.78, 5) is 34.0. The number of ether oxygens (including phenoxy) is 2. The number of hydrogen-bond donors (Lipinski definition) is 2. The minimum Gasteiger partial charge on any atom is -0.479 e. The Morgan fingerprint density at radius 3 is 2.62 bits per heavy atom. The first-order chi connectivity index (χ1) is 18.6. The quantitative estimate of drug-likeness (QED) is 0.443. The van der Waals surface area contributed by atoms with Gasteiger partial charge < -0.3 is 24.5 Å². The second-order valence-corrected chi connectivity index (χ2v) is 9.95. The molecular weight excluding hydrogens is 547 g/mol. The predicted octanol–water partition coefficient (Wildman–Crippen LogP) is 4.37. The Labute approximate surface area is 233 Å². The lowest BCUT2D eigenvalue weighted by Gasteiger charge is -2.35. The number of allylic oxidation sites excluding steroid dienone is 4. The van der Waals surface area contributed by atoms with Crippen LogP contribution in [0.3, 0.4) is 0 Å². The number of carboxylic acids is 1. The van der Waals surface area contributed by atoms with Gasteiger partial charge in [-0.15, -0.1) is 0 Å². The van der Waals surface area contributed by atoms with Crippen LogP contribution in [0, 0.1) is 5.92 Å². The number of halogens is 2. The molecule has 3 aromatic rings. The Morgan fingerprint density at radius 1 is 1.21 bits per heavy atom. The molecular formula is C26H24Cl2N6O5. The van der Waals surface area contributed by atoms with Crippen LogP contribution in [-0.4, -0.2) is 49.6 Å². The van der Waals surface area contributed by atoms with Crippen LogP contribution in [0.4, 0.5) is 5.69 Å². The molecule has 2 N–H and O–H groups in total. The smallest absolute Gasteiger partial charge is 0.356 e. The third-order valence-corrected chi connectivity index (χ3v) is 7.49. The van der Waals surface area contributed by atoms with Gasteiger partial charge in [0.1, 0.15) is 11.4 Å². The molecule has 0 spiro atoms. The molecule has 11 nitrogen and oxygen atoms in total. The molecule has 39 heavy (non-hydrogen) atoms. The van der Waals surface area contributed by atoms with Crippen LogP contribution >= 0.6 is 23.2 Å². The lowest BCUT2D eigenvalue weighted by molar-refractivity contribution is 0.0688. The predicted molar refractivity (Wildman–Crippen MR) is 146 cm³/mol. The fourth-order valence-electron chi connectivity index (χ4n) is 5.08. The standard InChI is InChI=1S/C26H24Cl2N6O5/c1-11-15(28)7-6-14-18(11)12(2)22-19(20(14)30-16-8-13(27)10-33(3)24(16)35)21(25(36)37)32-34(22)17-9-29-26(39-5)31-23(17)38-4/h6-11,20,30H,1-5H3,(H,36,37). The SMILES string of the molecule is COc1ncc(-n2nc(C(=O)O)c3c2C(C)=C2C(=CC=C(Cl)C2C)C3Nc2cc(Cl)cn(C)c2=O)c(OC)n1. The average molecular weight is 571 g/mol. The molecule has 202 valence electrons. The topological polar surface area (TPSA) is 133 Å². The lowest BCUT2D eigenvalue weighted by Crippen LogP contribution is -2.29. The van der Waals surface area contributed by atoms with Crippen molar-refractivity contribution in [3.63, 3.8) is 0 Å². The number of aromatic nitrogens is 5. The maximum absolute atomic E-state index is 13.0. The van der Waals surface area contributed by atoms with Crippen molar-refractivity contribution in [2.24, 2.45) is 13.0 Å². The maximum atomic E-state index is 13.0. The van der Waals surface area contributed by atoms with Gasteiger partial charge in [0.25, 0.3) is 5.56 Å². The monoisotopic (exact) mass is 570 g/mol. The Balaban J connectivity index is 1.84. The normalized spacial score (nSPS) is 18.1. The Kier molecular flexibility index (Phi) is 6.73. The Morgan fingerprint density at radius 2 is 1.95 bits per heavy atom. The number of rotatable bonds is 6. The number of fused-ring (bicyclic) bond motifs is 2. The minimum atomic E-state index is -1.25. The molecule has 0 bridgehead atoms. The average Bonchev–Trinajstić information content (AvgIpc) is 3.31. The number of aromatic carboxylic acids is 1. The molecule has 0 aromatic carbocycles. The summed E-state index contributed by atoms with van der Waals surface area (Å²) in [5.41, 5.74) is 3.19. The molecule has 2 aliphatic carbocycles. The molecule has 3 aromatic heterocycles. The van der Waals surface area contributed by atoms with Gasteiger partial charge in [-0.2, -0.15) is 10.1 Å². The number of carbonyl (C=O) groups is 1. The third kappa shape index (κ3) is 4.27. The van der Waals surface area contributed by atoms with Crippen LogP contribution in [0.2, 0.25) is 5.02 Å². The fraction of sp³-hybridized carbons (Fsp3) is 0.269. The molecule has 5 rings (SSSR count). The van der Waals surface area contributed by atoms with Crippen molar-refractivity contribution < 1.29 is 19.4 Å². The van der Waals surface area contributed by atoms with Gasteiger partial charge in [0.2, 0.25) is 5.88 Å². The Hall–Kier alpha value is -4.09.